The number of fused-ring (bicyclic) bond motifs is 2. The second kappa shape index (κ2) is 7.69. The van der Waals surface area contributed by atoms with Crippen LogP contribution >= 0.6 is 0 Å². The first-order valence-electron chi connectivity index (χ1n) is 9.13. The van der Waals surface area contributed by atoms with Crippen molar-refractivity contribution < 1.29 is 17.8 Å². The van der Waals surface area contributed by atoms with E-state index in [1.165, 1.54) is 11.6 Å². The fraction of sp³-hybridized carbons (Fsp3) is 0.316. The van der Waals surface area contributed by atoms with E-state index in [2.05, 4.69) is 31.0 Å². The highest BCUT2D eigenvalue weighted by Gasteiger charge is 2.23. The number of nitrogens with zero attached hydrogens (tertiary/aromatic N) is 2. The maximum Gasteiger partial charge on any atom is 0.242 e. The van der Waals surface area contributed by atoms with Gasteiger partial charge >= 0.3 is 0 Å². The Hall–Kier alpha value is -2.78. The van der Waals surface area contributed by atoms with Crippen molar-refractivity contribution in [1.82, 2.24) is 20.4 Å². The number of carbonyl (C=O) groups excluding carboxylic acids is 1. The summed E-state index contributed by atoms with van der Waals surface area (Å²) in [5, 5.41) is 10.3. The van der Waals surface area contributed by atoms with E-state index in [4.69, 9.17) is 0 Å². The molecule has 2 aromatic carbocycles. The SMILES string of the molecule is O=C(CCNS(=O)(=O)c1cccc2nonc12)N[C@@H]1CCCc2ccccc21. The highest BCUT2D eigenvalue weighted by Crippen LogP contribution is 2.29. The van der Waals surface area contributed by atoms with Crippen molar-refractivity contribution in [3.63, 3.8) is 0 Å². The van der Waals surface area contributed by atoms with Gasteiger partial charge in [0, 0.05) is 13.0 Å². The van der Waals surface area contributed by atoms with Crippen LogP contribution in [0.2, 0.25) is 0 Å². The van der Waals surface area contributed by atoms with Gasteiger partial charge in [-0.25, -0.2) is 17.8 Å². The first-order chi connectivity index (χ1) is 13.5. The van der Waals surface area contributed by atoms with Crippen molar-refractivity contribution in [1.29, 1.82) is 0 Å². The molecule has 4 rings (SSSR count). The van der Waals surface area contributed by atoms with Gasteiger partial charge in [0.25, 0.3) is 0 Å². The molecular formula is C19H20N4O4S. The van der Waals surface area contributed by atoms with Crippen LogP contribution in [-0.2, 0) is 21.2 Å². The minimum absolute atomic E-state index is 0.00972. The number of amides is 1. The minimum Gasteiger partial charge on any atom is -0.349 e. The lowest BCUT2D eigenvalue weighted by atomic mass is 9.88. The summed E-state index contributed by atoms with van der Waals surface area (Å²) in [6, 6.07) is 12.7. The highest BCUT2D eigenvalue weighted by molar-refractivity contribution is 7.89. The van der Waals surface area contributed by atoms with Crippen molar-refractivity contribution in [3.8, 4) is 0 Å². The van der Waals surface area contributed by atoms with Crippen molar-refractivity contribution in [2.24, 2.45) is 0 Å². The average Bonchev–Trinajstić information content (AvgIpc) is 3.17. The summed E-state index contributed by atoms with van der Waals surface area (Å²) in [5.41, 5.74) is 2.93. The highest BCUT2D eigenvalue weighted by atomic mass is 32.2. The first-order valence-corrected chi connectivity index (χ1v) is 10.6. The standard InChI is InChI=1S/C19H20N4O4S/c24-18(21-15-8-3-6-13-5-1-2-7-14(13)15)11-12-20-28(25,26)17-10-4-9-16-19(17)23-27-22-16/h1-2,4-5,7,9-10,15,20H,3,6,8,11-12H2,(H,21,24)/t15-/m1/s1. The van der Waals surface area contributed by atoms with Crippen LogP contribution in [0, 0.1) is 0 Å². The molecule has 3 aromatic rings. The molecule has 0 saturated carbocycles. The topological polar surface area (TPSA) is 114 Å². The van der Waals surface area contributed by atoms with Crippen LogP contribution in [0.5, 0.6) is 0 Å². The quantitative estimate of drug-likeness (QED) is 0.655. The molecule has 8 nitrogen and oxygen atoms in total. The van der Waals surface area contributed by atoms with Crippen LogP contribution in [0.3, 0.4) is 0 Å². The first kappa shape index (κ1) is 18.6. The smallest absolute Gasteiger partial charge is 0.242 e. The van der Waals surface area contributed by atoms with Crippen molar-refractivity contribution in [2.45, 2.75) is 36.6 Å². The monoisotopic (exact) mass is 400 g/mol. The zero-order chi connectivity index (χ0) is 19.6. The van der Waals surface area contributed by atoms with Gasteiger partial charge in [-0.3, -0.25) is 4.79 Å². The Balaban J connectivity index is 1.36. The van der Waals surface area contributed by atoms with Crippen molar-refractivity contribution in [3.05, 3.63) is 53.6 Å². The summed E-state index contributed by atoms with van der Waals surface area (Å²) >= 11 is 0. The second-order valence-corrected chi connectivity index (χ2v) is 8.48. The largest absolute Gasteiger partial charge is 0.349 e. The van der Waals surface area contributed by atoms with E-state index in [9.17, 15) is 13.2 Å². The molecule has 2 N–H and O–H groups in total. The van der Waals surface area contributed by atoms with Crippen molar-refractivity contribution >= 4 is 27.0 Å². The molecule has 1 aliphatic rings. The summed E-state index contributed by atoms with van der Waals surface area (Å²) < 4.78 is 32.1. The summed E-state index contributed by atoms with van der Waals surface area (Å²) in [6.07, 6.45) is 2.97. The normalized spacial score (nSPS) is 16.6. The number of hydrogen-bond donors (Lipinski definition) is 2. The van der Waals surface area contributed by atoms with Gasteiger partial charge in [-0.15, -0.1) is 0 Å². The number of sulfonamides is 1. The number of nitrogens with one attached hydrogen (secondary N) is 2. The Bertz CT molecular complexity index is 1110. The Morgan fingerprint density at radius 3 is 2.89 bits per heavy atom. The van der Waals surface area contributed by atoms with Gasteiger partial charge in [0.1, 0.15) is 10.4 Å². The molecule has 146 valence electrons. The van der Waals surface area contributed by atoms with Crippen LogP contribution in [0.15, 0.2) is 52.0 Å². The van der Waals surface area contributed by atoms with E-state index in [1.54, 1.807) is 12.1 Å². The Labute approximate surface area is 162 Å². The van der Waals surface area contributed by atoms with E-state index in [0.717, 1.165) is 24.8 Å². The lowest BCUT2D eigenvalue weighted by molar-refractivity contribution is -0.121. The number of carbonyl (C=O) groups is 1. The van der Waals surface area contributed by atoms with Crippen LogP contribution < -0.4 is 10.0 Å². The molecule has 1 heterocycles. The number of aromatic nitrogens is 2. The second-order valence-electron chi connectivity index (χ2n) is 6.75. The molecule has 0 spiro atoms. The van der Waals surface area contributed by atoms with Crippen LogP contribution in [0.25, 0.3) is 11.0 Å². The van der Waals surface area contributed by atoms with E-state index in [0.29, 0.717) is 5.52 Å². The minimum atomic E-state index is -3.83. The number of rotatable bonds is 6. The average molecular weight is 400 g/mol. The summed E-state index contributed by atoms with van der Waals surface area (Å²) in [7, 11) is -3.83. The van der Waals surface area contributed by atoms with E-state index in [1.807, 2.05) is 18.2 Å². The maximum atomic E-state index is 12.5. The van der Waals surface area contributed by atoms with Gasteiger partial charge < -0.3 is 5.32 Å². The molecule has 0 bridgehead atoms. The molecular weight excluding hydrogens is 380 g/mol. The number of aryl methyl sites for hydroxylation is 1. The number of hydrogen-bond acceptors (Lipinski definition) is 6. The van der Waals surface area contributed by atoms with Crippen LogP contribution in [0.1, 0.15) is 36.4 Å². The van der Waals surface area contributed by atoms with E-state index in [-0.39, 0.29) is 35.3 Å². The molecule has 1 aromatic heterocycles. The Morgan fingerprint density at radius 2 is 2.00 bits per heavy atom. The van der Waals surface area contributed by atoms with Gasteiger partial charge in [-0.05, 0) is 52.8 Å². The third-order valence-corrected chi connectivity index (χ3v) is 6.38. The molecule has 0 aliphatic heterocycles. The van der Waals surface area contributed by atoms with Gasteiger partial charge in [0.05, 0.1) is 6.04 Å². The number of benzene rings is 2. The maximum absolute atomic E-state index is 12.5. The lowest BCUT2D eigenvalue weighted by Crippen LogP contribution is -2.34. The predicted molar refractivity (Wildman–Crippen MR) is 102 cm³/mol. The van der Waals surface area contributed by atoms with Crippen LogP contribution in [0.4, 0.5) is 0 Å². The molecule has 28 heavy (non-hydrogen) atoms. The van der Waals surface area contributed by atoms with Gasteiger partial charge in [0.15, 0.2) is 5.52 Å². The molecule has 0 saturated heterocycles. The third-order valence-electron chi connectivity index (χ3n) is 4.89. The van der Waals surface area contributed by atoms with Crippen molar-refractivity contribution in [2.75, 3.05) is 6.54 Å². The lowest BCUT2D eigenvalue weighted by Gasteiger charge is -2.26. The molecule has 9 heteroatoms. The van der Waals surface area contributed by atoms with Crippen LogP contribution in [-0.4, -0.2) is 31.2 Å². The fourth-order valence-corrected chi connectivity index (χ4v) is 4.73. The molecule has 0 fully saturated rings. The van der Waals surface area contributed by atoms with E-state index < -0.39 is 10.0 Å². The van der Waals surface area contributed by atoms with E-state index >= 15 is 0 Å². The zero-order valence-corrected chi connectivity index (χ0v) is 15.9. The predicted octanol–water partition coefficient (Wildman–Crippen LogP) is 2.08. The molecule has 1 amide bonds. The van der Waals surface area contributed by atoms with Gasteiger partial charge in [0.2, 0.25) is 15.9 Å². The fourth-order valence-electron chi connectivity index (χ4n) is 3.55. The summed E-state index contributed by atoms with van der Waals surface area (Å²) in [4.78, 5) is 12.3. The third kappa shape index (κ3) is 3.76. The zero-order valence-electron chi connectivity index (χ0n) is 15.1. The Morgan fingerprint density at radius 1 is 1.14 bits per heavy atom. The molecule has 1 atom stereocenters. The van der Waals surface area contributed by atoms with Gasteiger partial charge in [-0.2, -0.15) is 0 Å². The molecule has 1 aliphatic carbocycles. The Kier molecular flexibility index (Phi) is 5.10. The molecule has 0 unspecified atom stereocenters. The molecule has 0 radical (unpaired) electrons. The summed E-state index contributed by atoms with van der Waals surface area (Å²) in [5.74, 6) is -0.189. The van der Waals surface area contributed by atoms with Gasteiger partial charge in [-0.1, -0.05) is 30.3 Å². The summed E-state index contributed by atoms with van der Waals surface area (Å²) in [6.45, 7) is -0.00972.